The summed E-state index contributed by atoms with van der Waals surface area (Å²) in [6.07, 6.45) is 0. The lowest BCUT2D eigenvalue weighted by atomic mass is 10.1. The zero-order valence-electron chi connectivity index (χ0n) is 11.3. The van der Waals surface area contributed by atoms with Crippen molar-refractivity contribution in [2.45, 2.75) is 19.9 Å². The second-order valence-electron chi connectivity index (χ2n) is 4.36. The molecule has 1 aromatic carbocycles. The third kappa shape index (κ3) is 2.76. The lowest BCUT2D eigenvalue weighted by Gasteiger charge is -2.27. The van der Waals surface area contributed by atoms with Gasteiger partial charge in [-0.05, 0) is 31.5 Å². The monoisotopic (exact) mass is 277 g/mol. The van der Waals surface area contributed by atoms with Crippen LogP contribution in [0.1, 0.15) is 36.1 Å². The lowest BCUT2D eigenvalue weighted by molar-refractivity contribution is 0.0690. The summed E-state index contributed by atoms with van der Waals surface area (Å²) in [6.45, 7) is 4.21. The summed E-state index contributed by atoms with van der Waals surface area (Å²) in [5, 5.41) is 6.14. The largest absolute Gasteiger partial charge is 0.366 e. The van der Waals surface area contributed by atoms with E-state index in [9.17, 15) is 9.18 Å². The van der Waals surface area contributed by atoms with Crippen molar-refractivity contribution in [3.8, 4) is 0 Å². The fourth-order valence-corrected chi connectivity index (χ4v) is 2.02. The number of amides is 1. The van der Waals surface area contributed by atoms with Crippen molar-refractivity contribution < 1.29 is 9.18 Å². The van der Waals surface area contributed by atoms with Gasteiger partial charge in [-0.15, -0.1) is 5.10 Å². The van der Waals surface area contributed by atoms with Crippen molar-refractivity contribution in [3.63, 3.8) is 0 Å². The highest BCUT2D eigenvalue weighted by atomic mass is 19.1. The molecule has 6 nitrogen and oxygen atoms in total. The zero-order chi connectivity index (χ0) is 14.7. The van der Waals surface area contributed by atoms with Gasteiger partial charge in [-0.2, -0.15) is 4.98 Å². The Morgan fingerprint density at radius 2 is 2.10 bits per heavy atom. The third-order valence-corrected chi connectivity index (χ3v) is 3.13. The minimum Gasteiger partial charge on any atom is -0.366 e. The minimum absolute atomic E-state index is 0.0267. The van der Waals surface area contributed by atoms with Crippen LogP contribution in [-0.4, -0.2) is 32.5 Å². The van der Waals surface area contributed by atoms with E-state index in [1.165, 1.54) is 12.1 Å². The number of aromatic nitrogens is 3. The number of hydrogen-bond donors (Lipinski definition) is 2. The maximum absolute atomic E-state index is 12.9. The van der Waals surface area contributed by atoms with Gasteiger partial charge in [0.1, 0.15) is 5.82 Å². The molecule has 0 radical (unpaired) electrons. The van der Waals surface area contributed by atoms with E-state index in [1.54, 1.807) is 17.0 Å². The van der Waals surface area contributed by atoms with E-state index in [1.807, 2.05) is 13.8 Å². The van der Waals surface area contributed by atoms with Gasteiger partial charge >= 0.3 is 0 Å². The molecule has 0 aliphatic heterocycles. The molecule has 0 aliphatic rings. The molecule has 1 aromatic heterocycles. The summed E-state index contributed by atoms with van der Waals surface area (Å²) in [6, 6.07) is 5.85. The number of rotatable bonds is 4. The topological polar surface area (TPSA) is 87.9 Å². The number of anilines is 1. The predicted molar refractivity (Wildman–Crippen MR) is 72.3 cm³/mol. The number of nitrogens with one attached hydrogen (secondary N) is 1. The van der Waals surface area contributed by atoms with Gasteiger partial charge in [-0.3, -0.25) is 9.89 Å². The van der Waals surface area contributed by atoms with Gasteiger partial charge in [0.15, 0.2) is 0 Å². The number of hydrogen-bond acceptors (Lipinski definition) is 4. The van der Waals surface area contributed by atoms with Crippen molar-refractivity contribution in [1.82, 2.24) is 20.1 Å². The van der Waals surface area contributed by atoms with Crippen LogP contribution in [0.5, 0.6) is 0 Å². The average Bonchev–Trinajstić information content (AvgIpc) is 2.86. The highest BCUT2D eigenvalue weighted by Crippen LogP contribution is 2.21. The van der Waals surface area contributed by atoms with Crippen LogP contribution in [0, 0.1) is 5.82 Å². The number of H-pyrrole nitrogens is 1. The number of benzene rings is 1. The number of carbonyl (C=O) groups excluding carboxylic acids is 1. The molecule has 0 fully saturated rings. The highest BCUT2D eigenvalue weighted by molar-refractivity contribution is 5.91. The SMILES string of the molecule is CCN(C(=O)c1nc(N)n[nH]1)C(C)c1ccc(F)cc1. The molecule has 0 spiro atoms. The van der Waals surface area contributed by atoms with Gasteiger partial charge < -0.3 is 10.6 Å². The molecule has 106 valence electrons. The molecule has 2 rings (SSSR count). The molecule has 0 aliphatic carbocycles. The van der Waals surface area contributed by atoms with Crippen LogP contribution in [0.25, 0.3) is 0 Å². The number of carbonyl (C=O) groups is 1. The average molecular weight is 277 g/mol. The Bertz CT molecular complexity index is 595. The molecule has 1 amide bonds. The van der Waals surface area contributed by atoms with E-state index >= 15 is 0 Å². The van der Waals surface area contributed by atoms with Crippen LogP contribution in [0.3, 0.4) is 0 Å². The molecule has 7 heteroatoms. The minimum atomic E-state index is -0.307. The number of halogens is 1. The molecule has 3 N–H and O–H groups in total. The smallest absolute Gasteiger partial charge is 0.291 e. The van der Waals surface area contributed by atoms with Gasteiger partial charge in [0, 0.05) is 6.54 Å². The quantitative estimate of drug-likeness (QED) is 0.891. The second-order valence-corrected chi connectivity index (χ2v) is 4.36. The van der Waals surface area contributed by atoms with Gasteiger partial charge in [0.05, 0.1) is 6.04 Å². The fraction of sp³-hybridized carbons (Fsp3) is 0.308. The van der Waals surface area contributed by atoms with Crippen LogP contribution in [-0.2, 0) is 0 Å². The molecule has 2 aromatic rings. The molecule has 0 saturated carbocycles. The summed E-state index contributed by atoms with van der Waals surface area (Å²) in [5.74, 6) is -0.482. The van der Waals surface area contributed by atoms with Crippen molar-refractivity contribution in [1.29, 1.82) is 0 Å². The van der Waals surface area contributed by atoms with Gasteiger partial charge in [0.2, 0.25) is 11.8 Å². The Balaban J connectivity index is 2.23. The summed E-state index contributed by atoms with van der Waals surface area (Å²) in [5.41, 5.74) is 6.24. The van der Waals surface area contributed by atoms with Gasteiger partial charge in [-0.1, -0.05) is 12.1 Å². The molecule has 20 heavy (non-hydrogen) atoms. The Labute approximate surface area is 115 Å². The van der Waals surface area contributed by atoms with Crippen molar-refractivity contribution in [3.05, 3.63) is 41.5 Å². The van der Waals surface area contributed by atoms with Gasteiger partial charge in [-0.25, -0.2) is 4.39 Å². The summed E-state index contributed by atoms with van der Waals surface area (Å²) in [7, 11) is 0. The number of aromatic amines is 1. The molecular weight excluding hydrogens is 261 g/mol. The van der Waals surface area contributed by atoms with E-state index in [0.717, 1.165) is 5.56 Å². The summed E-state index contributed by atoms with van der Waals surface area (Å²) in [4.78, 5) is 17.8. The van der Waals surface area contributed by atoms with Crippen molar-refractivity contribution >= 4 is 11.9 Å². The second kappa shape index (κ2) is 5.68. The summed E-state index contributed by atoms with van der Waals surface area (Å²) >= 11 is 0. The predicted octanol–water partition coefficient (Wildman–Crippen LogP) is 1.75. The number of nitrogens with zero attached hydrogens (tertiary/aromatic N) is 3. The van der Waals surface area contributed by atoms with Crippen LogP contribution in [0.4, 0.5) is 10.3 Å². The van der Waals surface area contributed by atoms with E-state index < -0.39 is 0 Å². The first-order valence-electron chi connectivity index (χ1n) is 6.27. The van der Waals surface area contributed by atoms with E-state index in [2.05, 4.69) is 15.2 Å². The van der Waals surface area contributed by atoms with E-state index in [-0.39, 0.29) is 29.5 Å². The summed E-state index contributed by atoms with van der Waals surface area (Å²) < 4.78 is 12.9. The van der Waals surface area contributed by atoms with E-state index in [0.29, 0.717) is 6.54 Å². The van der Waals surface area contributed by atoms with Crippen LogP contribution >= 0.6 is 0 Å². The first-order valence-corrected chi connectivity index (χ1v) is 6.27. The molecule has 0 bridgehead atoms. The Morgan fingerprint density at radius 3 is 2.60 bits per heavy atom. The lowest BCUT2D eigenvalue weighted by Crippen LogP contribution is -2.34. The first-order chi connectivity index (χ1) is 9.52. The Hall–Kier alpha value is -2.44. The van der Waals surface area contributed by atoms with E-state index in [4.69, 9.17) is 5.73 Å². The van der Waals surface area contributed by atoms with Crippen LogP contribution in [0.15, 0.2) is 24.3 Å². The Kier molecular flexibility index (Phi) is 3.97. The number of nitrogen functional groups attached to an aromatic ring is 1. The van der Waals surface area contributed by atoms with Gasteiger partial charge in [0.25, 0.3) is 5.91 Å². The standard InChI is InChI=1S/C13H16FN5O/c1-3-19(12(20)11-16-13(15)18-17-11)8(2)9-4-6-10(14)7-5-9/h4-8H,3H2,1-2H3,(H3,15,16,17,18). The third-order valence-electron chi connectivity index (χ3n) is 3.13. The first kappa shape index (κ1) is 14.0. The maximum atomic E-state index is 12.9. The Morgan fingerprint density at radius 1 is 1.45 bits per heavy atom. The zero-order valence-corrected chi connectivity index (χ0v) is 11.3. The van der Waals surface area contributed by atoms with Crippen LogP contribution in [0.2, 0.25) is 0 Å². The molecule has 1 atom stereocenters. The highest BCUT2D eigenvalue weighted by Gasteiger charge is 2.23. The van der Waals surface area contributed by atoms with Crippen molar-refractivity contribution in [2.24, 2.45) is 0 Å². The molecule has 0 saturated heterocycles. The molecular formula is C13H16FN5O. The fourth-order valence-electron chi connectivity index (χ4n) is 2.02. The maximum Gasteiger partial charge on any atom is 0.291 e. The molecule has 1 heterocycles. The normalized spacial score (nSPS) is 12.2. The number of nitrogens with two attached hydrogens (primary N) is 1. The molecule has 1 unspecified atom stereocenters. The van der Waals surface area contributed by atoms with Crippen LogP contribution < -0.4 is 5.73 Å². The van der Waals surface area contributed by atoms with Crippen molar-refractivity contribution in [2.75, 3.05) is 12.3 Å².